The highest BCUT2D eigenvalue weighted by Gasteiger charge is 2.20. The smallest absolute Gasteiger partial charge is 0.315 e. The zero-order chi connectivity index (χ0) is 20.0. The van der Waals surface area contributed by atoms with E-state index < -0.39 is 10.0 Å². The largest absolute Gasteiger partial charge is 0.486 e. The van der Waals surface area contributed by atoms with Gasteiger partial charge in [0.05, 0.1) is 12.3 Å². The van der Waals surface area contributed by atoms with Crippen LogP contribution >= 0.6 is 0 Å². The number of benzene rings is 2. The van der Waals surface area contributed by atoms with Crippen LogP contribution < -0.4 is 24.8 Å². The molecule has 28 heavy (non-hydrogen) atoms. The quantitative estimate of drug-likeness (QED) is 0.645. The third-order valence-corrected chi connectivity index (χ3v) is 5.54. The Hall–Kier alpha value is -2.78. The molecule has 0 radical (unpaired) electrons. The molecule has 8 nitrogen and oxygen atoms in total. The van der Waals surface area contributed by atoms with Gasteiger partial charge in [0.15, 0.2) is 17.6 Å². The molecule has 1 aliphatic heterocycles. The minimum Gasteiger partial charge on any atom is -0.486 e. The predicted molar refractivity (Wildman–Crippen MR) is 105 cm³/mol. The van der Waals surface area contributed by atoms with Crippen LogP contribution in [0.15, 0.2) is 48.5 Å². The van der Waals surface area contributed by atoms with Gasteiger partial charge in [-0.15, -0.1) is 0 Å². The number of carbonyl (C=O) groups is 1. The highest BCUT2D eigenvalue weighted by molar-refractivity contribution is 7.88. The fourth-order valence-corrected chi connectivity index (χ4v) is 3.44. The number of sulfonamides is 1. The SMILES string of the molecule is CNS(=O)(=O)Cc1ccc(CNC(=O)NCC2COc3ccccc3O2)cc1. The van der Waals surface area contributed by atoms with Gasteiger partial charge < -0.3 is 20.1 Å². The van der Waals surface area contributed by atoms with Crippen molar-refractivity contribution in [3.05, 3.63) is 59.7 Å². The number of hydrogen-bond acceptors (Lipinski definition) is 5. The molecular formula is C19H23N3O5S. The molecule has 0 spiro atoms. The molecule has 0 aliphatic carbocycles. The van der Waals surface area contributed by atoms with E-state index in [1.54, 1.807) is 24.3 Å². The van der Waals surface area contributed by atoms with E-state index in [-0.39, 0.29) is 17.9 Å². The first-order valence-electron chi connectivity index (χ1n) is 8.84. The molecule has 0 saturated heterocycles. The van der Waals surface area contributed by atoms with Gasteiger partial charge in [0.2, 0.25) is 10.0 Å². The average Bonchev–Trinajstić information content (AvgIpc) is 2.71. The molecule has 0 fully saturated rings. The van der Waals surface area contributed by atoms with Crippen LogP contribution in [0.4, 0.5) is 4.79 Å². The van der Waals surface area contributed by atoms with Crippen molar-refractivity contribution in [3.63, 3.8) is 0 Å². The average molecular weight is 405 g/mol. The number of fused-ring (bicyclic) bond motifs is 1. The molecule has 1 atom stereocenters. The second-order valence-corrected chi connectivity index (χ2v) is 8.27. The maximum absolute atomic E-state index is 12.0. The number of carbonyl (C=O) groups excluding carboxylic acids is 1. The van der Waals surface area contributed by atoms with Crippen LogP contribution in [0.25, 0.3) is 0 Å². The zero-order valence-corrected chi connectivity index (χ0v) is 16.3. The lowest BCUT2D eigenvalue weighted by Gasteiger charge is -2.26. The number of hydrogen-bond donors (Lipinski definition) is 3. The summed E-state index contributed by atoms with van der Waals surface area (Å²) in [4.78, 5) is 12.0. The highest BCUT2D eigenvalue weighted by Crippen LogP contribution is 2.30. The molecule has 0 bridgehead atoms. The molecule has 150 valence electrons. The van der Waals surface area contributed by atoms with E-state index >= 15 is 0 Å². The van der Waals surface area contributed by atoms with Gasteiger partial charge in [-0.3, -0.25) is 0 Å². The molecule has 2 amide bonds. The molecule has 0 aromatic heterocycles. The van der Waals surface area contributed by atoms with Gasteiger partial charge in [0.1, 0.15) is 6.61 Å². The van der Waals surface area contributed by atoms with Gasteiger partial charge in [-0.2, -0.15) is 0 Å². The van der Waals surface area contributed by atoms with E-state index in [0.29, 0.717) is 36.8 Å². The summed E-state index contributed by atoms with van der Waals surface area (Å²) < 4.78 is 36.8. The van der Waals surface area contributed by atoms with Crippen molar-refractivity contribution in [1.82, 2.24) is 15.4 Å². The first kappa shape index (κ1) is 20.0. The Bertz CT molecular complexity index is 915. The van der Waals surface area contributed by atoms with E-state index in [1.807, 2.05) is 24.3 Å². The molecule has 3 N–H and O–H groups in total. The third kappa shape index (κ3) is 5.61. The zero-order valence-electron chi connectivity index (χ0n) is 15.5. The lowest BCUT2D eigenvalue weighted by molar-refractivity contribution is 0.0918. The van der Waals surface area contributed by atoms with E-state index in [0.717, 1.165) is 5.56 Å². The van der Waals surface area contributed by atoms with Gasteiger partial charge in [-0.05, 0) is 30.3 Å². The molecule has 1 unspecified atom stereocenters. The summed E-state index contributed by atoms with van der Waals surface area (Å²) in [5, 5.41) is 5.52. The minimum atomic E-state index is -3.30. The Labute approximate surface area is 164 Å². The molecule has 0 saturated carbocycles. The number of nitrogens with one attached hydrogen (secondary N) is 3. The van der Waals surface area contributed by atoms with Crippen molar-refractivity contribution in [2.75, 3.05) is 20.2 Å². The predicted octanol–water partition coefficient (Wildman–Crippen LogP) is 1.37. The van der Waals surface area contributed by atoms with Crippen LogP contribution in [0.3, 0.4) is 0 Å². The Balaban J connectivity index is 1.41. The molecule has 1 heterocycles. The number of urea groups is 1. The topological polar surface area (TPSA) is 106 Å². The molecule has 3 rings (SSSR count). The van der Waals surface area contributed by atoms with Crippen molar-refractivity contribution in [1.29, 1.82) is 0 Å². The first-order chi connectivity index (χ1) is 13.4. The summed E-state index contributed by atoms with van der Waals surface area (Å²) in [5.74, 6) is 1.29. The number of para-hydroxylation sites is 2. The maximum atomic E-state index is 12.0. The van der Waals surface area contributed by atoms with Gasteiger partial charge in [-0.1, -0.05) is 36.4 Å². The van der Waals surface area contributed by atoms with E-state index in [1.165, 1.54) is 7.05 Å². The molecular weight excluding hydrogens is 382 g/mol. The van der Waals surface area contributed by atoms with Gasteiger partial charge >= 0.3 is 6.03 Å². The van der Waals surface area contributed by atoms with Crippen molar-refractivity contribution >= 4 is 16.1 Å². The van der Waals surface area contributed by atoms with E-state index in [4.69, 9.17) is 9.47 Å². The molecule has 9 heteroatoms. The first-order valence-corrected chi connectivity index (χ1v) is 10.5. The van der Waals surface area contributed by atoms with Crippen molar-refractivity contribution in [2.45, 2.75) is 18.4 Å². The van der Waals surface area contributed by atoms with Gasteiger partial charge in [-0.25, -0.2) is 17.9 Å². The van der Waals surface area contributed by atoms with Gasteiger partial charge in [0, 0.05) is 6.54 Å². The molecule has 1 aliphatic rings. The van der Waals surface area contributed by atoms with Crippen LogP contribution in [0.2, 0.25) is 0 Å². The maximum Gasteiger partial charge on any atom is 0.315 e. The summed E-state index contributed by atoms with van der Waals surface area (Å²) in [6.45, 7) is 1.02. The van der Waals surface area contributed by atoms with Crippen LogP contribution in [0, 0.1) is 0 Å². The standard InChI is InChI=1S/C19H23N3O5S/c1-20-28(24,25)13-15-8-6-14(7-9-15)10-21-19(23)22-11-16-12-26-17-4-2-3-5-18(17)27-16/h2-9,16,20H,10-13H2,1H3,(H2,21,22,23). The summed E-state index contributed by atoms with van der Waals surface area (Å²) >= 11 is 0. The summed E-state index contributed by atoms with van der Waals surface area (Å²) in [6.07, 6.45) is -0.256. The van der Waals surface area contributed by atoms with Gasteiger partial charge in [0.25, 0.3) is 0 Å². The van der Waals surface area contributed by atoms with Crippen LogP contribution in [0.5, 0.6) is 11.5 Å². The normalized spacial score (nSPS) is 15.7. The third-order valence-electron chi connectivity index (χ3n) is 4.20. The Morgan fingerprint density at radius 1 is 1.04 bits per heavy atom. The molecule has 2 aromatic carbocycles. The fourth-order valence-electron chi connectivity index (χ4n) is 2.66. The number of ether oxygens (including phenoxy) is 2. The van der Waals surface area contributed by atoms with Crippen molar-refractivity contribution < 1.29 is 22.7 Å². The minimum absolute atomic E-state index is 0.0791. The van der Waals surface area contributed by atoms with Crippen molar-refractivity contribution in [3.8, 4) is 11.5 Å². The highest BCUT2D eigenvalue weighted by atomic mass is 32.2. The fraction of sp³-hybridized carbons (Fsp3) is 0.316. The lowest BCUT2D eigenvalue weighted by Crippen LogP contribution is -2.44. The number of rotatable bonds is 7. The monoisotopic (exact) mass is 405 g/mol. The second-order valence-electron chi connectivity index (χ2n) is 6.34. The Morgan fingerprint density at radius 2 is 1.71 bits per heavy atom. The second kappa shape index (κ2) is 8.94. The summed E-state index contributed by atoms with van der Waals surface area (Å²) in [7, 11) is -1.92. The Morgan fingerprint density at radius 3 is 2.43 bits per heavy atom. The van der Waals surface area contributed by atoms with Crippen LogP contribution in [-0.2, 0) is 22.3 Å². The van der Waals surface area contributed by atoms with E-state index in [2.05, 4.69) is 15.4 Å². The Kier molecular flexibility index (Phi) is 6.37. The van der Waals surface area contributed by atoms with Crippen LogP contribution in [-0.4, -0.2) is 40.8 Å². The summed E-state index contributed by atoms with van der Waals surface area (Å²) in [5.41, 5.74) is 1.55. The molecule has 2 aromatic rings. The van der Waals surface area contributed by atoms with E-state index in [9.17, 15) is 13.2 Å². The van der Waals surface area contributed by atoms with Crippen molar-refractivity contribution in [2.24, 2.45) is 0 Å². The number of amides is 2. The van der Waals surface area contributed by atoms with Crippen LogP contribution in [0.1, 0.15) is 11.1 Å². The lowest BCUT2D eigenvalue weighted by atomic mass is 10.1. The summed E-state index contributed by atoms with van der Waals surface area (Å²) in [6, 6.07) is 14.1.